The van der Waals surface area contributed by atoms with Gasteiger partial charge in [0.2, 0.25) is 5.91 Å². The van der Waals surface area contributed by atoms with E-state index in [4.69, 9.17) is 5.73 Å². The molecule has 0 spiro atoms. The number of carbonyl (C=O) groups excluding carboxylic acids is 1. The second-order valence-electron chi connectivity index (χ2n) is 5.75. The third kappa shape index (κ3) is 3.74. The maximum absolute atomic E-state index is 13.0. The highest BCUT2D eigenvalue weighted by Gasteiger charge is 2.19. The highest BCUT2D eigenvalue weighted by Crippen LogP contribution is 2.17. The number of piperazine rings is 1. The number of amides is 1. The maximum Gasteiger partial charge on any atom is 0.246 e. The molecule has 0 unspecified atom stereocenters. The molecular weight excluding hydrogens is 305 g/mol. The second-order valence-corrected chi connectivity index (χ2v) is 5.75. The largest absolute Gasteiger partial charge is 0.398 e. The van der Waals surface area contributed by atoms with Gasteiger partial charge in [0.25, 0.3) is 0 Å². The van der Waals surface area contributed by atoms with Crippen molar-refractivity contribution in [3.05, 3.63) is 66.0 Å². The van der Waals surface area contributed by atoms with Crippen molar-refractivity contribution in [2.24, 2.45) is 0 Å². The Morgan fingerprint density at radius 1 is 1.00 bits per heavy atom. The monoisotopic (exact) mass is 325 g/mol. The van der Waals surface area contributed by atoms with Crippen molar-refractivity contribution >= 4 is 23.4 Å². The van der Waals surface area contributed by atoms with E-state index in [1.807, 2.05) is 29.2 Å². The molecule has 2 aromatic rings. The van der Waals surface area contributed by atoms with Gasteiger partial charge in [-0.1, -0.05) is 18.2 Å². The van der Waals surface area contributed by atoms with Crippen molar-refractivity contribution in [3.63, 3.8) is 0 Å². The standard InChI is InChI=1S/C19H20FN3O/c20-16-6-8-17(9-7-16)22-11-13-23(14-12-22)19(24)10-5-15-3-1-2-4-18(15)21/h1-10H,11-14,21H2/b10-5+. The van der Waals surface area contributed by atoms with Crippen molar-refractivity contribution < 1.29 is 9.18 Å². The maximum atomic E-state index is 13.0. The van der Waals surface area contributed by atoms with Gasteiger partial charge in [0, 0.05) is 43.6 Å². The quantitative estimate of drug-likeness (QED) is 0.697. The fraction of sp³-hybridized carbons (Fsp3) is 0.211. The summed E-state index contributed by atoms with van der Waals surface area (Å²) in [6, 6.07) is 13.9. The van der Waals surface area contributed by atoms with Gasteiger partial charge in [-0.3, -0.25) is 4.79 Å². The fourth-order valence-corrected chi connectivity index (χ4v) is 2.77. The molecule has 4 nitrogen and oxygen atoms in total. The topological polar surface area (TPSA) is 49.6 Å². The summed E-state index contributed by atoms with van der Waals surface area (Å²) in [5.74, 6) is -0.255. The number of hydrogen-bond acceptors (Lipinski definition) is 3. The zero-order valence-corrected chi connectivity index (χ0v) is 13.4. The molecule has 1 fully saturated rings. The molecule has 5 heteroatoms. The molecule has 2 N–H and O–H groups in total. The van der Waals surface area contributed by atoms with E-state index in [9.17, 15) is 9.18 Å². The molecule has 124 valence electrons. The van der Waals surface area contributed by atoms with Gasteiger partial charge in [0.15, 0.2) is 0 Å². The molecule has 1 saturated heterocycles. The van der Waals surface area contributed by atoms with E-state index in [0.717, 1.165) is 24.3 Å². The van der Waals surface area contributed by atoms with E-state index >= 15 is 0 Å². The Kier molecular flexibility index (Phi) is 4.79. The minimum atomic E-state index is -0.238. The number of nitrogens with two attached hydrogens (primary N) is 1. The number of anilines is 2. The van der Waals surface area contributed by atoms with E-state index in [0.29, 0.717) is 18.8 Å². The van der Waals surface area contributed by atoms with Gasteiger partial charge in [0.05, 0.1) is 0 Å². The molecule has 0 radical (unpaired) electrons. The number of carbonyl (C=O) groups is 1. The molecule has 1 amide bonds. The van der Waals surface area contributed by atoms with Crippen LogP contribution in [0.4, 0.5) is 15.8 Å². The van der Waals surface area contributed by atoms with Crippen LogP contribution in [0.5, 0.6) is 0 Å². The SMILES string of the molecule is Nc1ccccc1/C=C/C(=O)N1CCN(c2ccc(F)cc2)CC1. The summed E-state index contributed by atoms with van der Waals surface area (Å²) in [4.78, 5) is 16.3. The Labute approximate surface area is 141 Å². The van der Waals surface area contributed by atoms with Crippen LogP contribution in [0.25, 0.3) is 6.08 Å². The van der Waals surface area contributed by atoms with Gasteiger partial charge in [0.1, 0.15) is 5.82 Å². The van der Waals surface area contributed by atoms with Gasteiger partial charge in [-0.25, -0.2) is 4.39 Å². The Morgan fingerprint density at radius 3 is 2.33 bits per heavy atom. The van der Waals surface area contributed by atoms with E-state index in [-0.39, 0.29) is 11.7 Å². The minimum Gasteiger partial charge on any atom is -0.398 e. The molecule has 2 aromatic carbocycles. The molecule has 1 heterocycles. The van der Waals surface area contributed by atoms with Crippen LogP contribution in [-0.2, 0) is 4.79 Å². The third-order valence-electron chi connectivity index (χ3n) is 4.18. The summed E-state index contributed by atoms with van der Waals surface area (Å²) in [5.41, 5.74) is 8.35. The summed E-state index contributed by atoms with van der Waals surface area (Å²) < 4.78 is 13.0. The smallest absolute Gasteiger partial charge is 0.246 e. The Balaban J connectivity index is 1.57. The Hall–Kier alpha value is -2.82. The van der Waals surface area contributed by atoms with Crippen molar-refractivity contribution in [1.29, 1.82) is 0 Å². The summed E-state index contributed by atoms with van der Waals surface area (Å²) in [6.45, 7) is 2.76. The molecule has 0 saturated carbocycles. The van der Waals surface area contributed by atoms with Crippen LogP contribution >= 0.6 is 0 Å². The first-order valence-electron chi connectivity index (χ1n) is 7.95. The van der Waals surface area contributed by atoms with Crippen molar-refractivity contribution in [2.45, 2.75) is 0 Å². The number of hydrogen-bond donors (Lipinski definition) is 1. The van der Waals surface area contributed by atoms with Crippen LogP contribution < -0.4 is 10.6 Å². The molecule has 0 aromatic heterocycles. The summed E-state index contributed by atoms with van der Waals surface area (Å²) in [5, 5.41) is 0. The van der Waals surface area contributed by atoms with Crippen molar-refractivity contribution in [2.75, 3.05) is 36.8 Å². The number of nitrogens with zero attached hydrogens (tertiary/aromatic N) is 2. The average Bonchev–Trinajstić information content (AvgIpc) is 2.62. The first-order valence-corrected chi connectivity index (χ1v) is 7.95. The lowest BCUT2D eigenvalue weighted by atomic mass is 10.1. The number of para-hydroxylation sites is 1. The predicted molar refractivity (Wildman–Crippen MR) is 95.1 cm³/mol. The second kappa shape index (κ2) is 7.17. The van der Waals surface area contributed by atoms with Gasteiger partial charge in [-0.05, 0) is 42.0 Å². The first-order chi connectivity index (χ1) is 11.6. The molecule has 3 rings (SSSR count). The fourth-order valence-electron chi connectivity index (χ4n) is 2.77. The van der Waals surface area contributed by atoms with E-state index in [2.05, 4.69) is 4.90 Å². The highest BCUT2D eigenvalue weighted by molar-refractivity contribution is 5.92. The van der Waals surface area contributed by atoms with Crippen LogP contribution in [-0.4, -0.2) is 37.0 Å². The van der Waals surface area contributed by atoms with Crippen LogP contribution in [0.15, 0.2) is 54.6 Å². The van der Waals surface area contributed by atoms with Crippen molar-refractivity contribution in [1.82, 2.24) is 4.90 Å². The average molecular weight is 325 g/mol. The minimum absolute atomic E-state index is 0.0167. The van der Waals surface area contributed by atoms with Crippen LogP contribution in [0.1, 0.15) is 5.56 Å². The summed E-state index contributed by atoms with van der Waals surface area (Å²) in [6.07, 6.45) is 3.32. The molecular formula is C19H20FN3O. The molecule has 1 aliphatic rings. The molecule has 24 heavy (non-hydrogen) atoms. The Morgan fingerprint density at radius 2 is 1.67 bits per heavy atom. The lowest BCUT2D eigenvalue weighted by molar-refractivity contribution is -0.126. The van der Waals surface area contributed by atoms with Gasteiger partial charge in [-0.2, -0.15) is 0 Å². The molecule has 0 bridgehead atoms. The van der Waals surface area contributed by atoms with E-state index in [1.54, 1.807) is 24.3 Å². The van der Waals surface area contributed by atoms with E-state index < -0.39 is 0 Å². The van der Waals surface area contributed by atoms with Gasteiger partial charge < -0.3 is 15.5 Å². The van der Waals surface area contributed by atoms with Crippen LogP contribution in [0.3, 0.4) is 0 Å². The number of rotatable bonds is 3. The van der Waals surface area contributed by atoms with E-state index in [1.165, 1.54) is 12.1 Å². The number of halogens is 1. The lowest BCUT2D eigenvalue weighted by Crippen LogP contribution is -2.48. The Bertz CT molecular complexity index is 735. The molecule has 0 aliphatic carbocycles. The normalized spacial score (nSPS) is 15.0. The summed E-state index contributed by atoms with van der Waals surface area (Å²) in [7, 11) is 0. The van der Waals surface area contributed by atoms with Crippen molar-refractivity contribution in [3.8, 4) is 0 Å². The zero-order valence-electron chi connectivity index (χ0n) is 13.4. The molecule has 1 aliphatic heterocycles. The molecule has 0 atom stereocenters. The van der Waals surface area contributed by atoms with Gasteiger partial charge >= 0.3 is 0 Å². The zero-order chi connectivity index (χ0) is 16.9. The summed E-state index contributed by atoms with van der Waals surface area (Å²) >= 11 is 0. The first kappa shape index (κ1) is 16.1. The predicted octanol–water partition coefficient (Wildman–Crippen LogP) is 2.77. The van der Waals surface area contributed by atoms with Gasteiger partial charge in [-0.15, -0.1) is 0 Å². The third-order valence-corrected chi connectivity index (χ3v) is 4.18. The number of benzene rings is 2. The number of nitrogen functional groups attached to an aromatic ring is 1. The van der Waals surface area contributed by atoms with Crippen LogP contribution in [0.2, 0.25) is 0 Å². The van der Waals surface area contributed by atoms with Crippen LogP contribution in [0, 0.1) is 5.82 Å². The highest BCUT2D eigenvalue weighted by atomic mass is 19.1. The lowest BCUT2D eigenvalue weighted by Gasteiger charge is -2.35.